The van der Waals surface area contributed by atoms with Gasteiger partial charge in [0.05, 0.1) is 5.75 Å². The van der Waals surface area contributed by atoms with Crippen LogP contribution in [0.3, 0.4) is 0 Å². The van der Waals surface area contributed by atoms with E-state index in [1.54, 1.807) is 11.8 Å². The normalized spacial score (nSPS) is 20.2. The number of thioether (sulfide) groups is 1. The Labute approximate surface area is 145 Å². The Bertz CT molecular complexity index is 586. The Morgan fingerprint density at radius 1 is 1.36 bits per heavy atom. The van der Waals surface area contributed by atoms with Crippen LogP contribution in [0.2, 0.25) is 0 Å². The Hall–Kier alpha value is -0.810. The minimum atomic E-state index is -0.0322. The van der Waals surface area contributed by atoms with Crippen molar-refractivity contribution < 1.29 is 4.79 Å². The van der Waals surface area contributed by atoms with Crippen molar-refractivity contribution in [3.05, 3.63) is 27.7 Å². The summed E-state index contributed by atoms with van der Waals surface area (Å²) in [6, 6.07) is 4.21. The number of hydrazone groups is 1. The second-order valence-electron chi connectivity index (χ2n) is 5.94. The number of benzene rings is 1. The zero-order valence-corrected chi connectivity index (χ0v) is 15.8. The van der Waals surface area contributed by atoms with E-state index in [1.807, 2.05) is 0 Å². The molecule has 0 bridgehead atoms. The second kappa shape index (κ2) is 8.16. The summed E-state index contributed by atoms with van der Waals surface area (Å²) in [5, 5.41) is 4.33. The van der Waals surface area contributed by atoms with Gasteiger partial charge in [0.25, 0.3) is 0 Å². The fourth-order valence-corrected chi connectivity index (χ4v) is 3.91. The van der Waals surface area contributed by atoms with Crippen molar-refractivity contribution in [2.24, 2.45) is 11.0 Å². The van der Waals surface area contributed by atoms with Crippen molar-refractivity contribution in [1.82, 2.24) is 5.43 Å². The van der Waals surface area contributed by atoms with Crippen molar-refractivity contribution in [2.45, 2.75) is 51.3 Å². The molecule has 2 rings (SSSR count). The first-order chi connectivity index (χ1) is 10.5. The first-order valence-corrected chi connectivity index (χ1v) is 9.50. The van der Waals surface area contributed by atoms with Crippen LogP contribution in [0.5, 0.6) is 0 Å². The molecule has 120 valence electrons. The molecule has 1 saturated carbocycles. The Morgan fingerprint density at radius 2 is 2.14 bits per heavy atom. The largest absolute Gasteiger partial charge is 0.272 e. The average Bonchev–Trinajstić information content (AvgIpc) is 2.49. The molecule has 0 saturated heterocycles. The number of rotatable bonds is 4. The lowest BCUT2D eigenvalue weighted by atomic mass is 9.89. The highest BCUT2D eigenvalue weighted by Gasteiger charge is 2.16. The minimum absolute atomic E-state index is 0.0322. The molecule has 1 atom stereocenters. The molecule has 1 aromatic carbocycles. The van der Waals surface area contributed by atoms with E-state index in [0.717, 1.165) is 21.5 Å². The van der Waals surface area contributed by atoms with Gasteiger partial charge in [0.1, 0.15) is 0 Å². The highest BCUT2D eigenvalue weighted by Crippen LogP contribution is 2.28. The summed E-state index contributed by atoms with van der Waals surface area (Å²) in [6.45, 7) is 6.31. The van der Waals surface area contributed by atoms with Gasteiger partial charge >= 0.3 is 0 Å². The molecule has 1 aliphatic carbocycles. The lowest BCUT2D eigenvalue weighted by molar-refractivity contribution is -0.118. The van der Waals surface area contributed by atoms with E-state index in [-0.39, 0.29) is 5.91 Å². The monoisotopic (exact) mass is 382 g/mol. The molecule has 1 unspecified atom stereocenters. The van der Waals surface area contributed by atoms with E-state index in [9.17, 15) is 4.79 Å². The fraction of sp³-hybridized carbons (Fsp3) is 0.529. The standard InChI is InChI=1S/C17H23BrN2OS/c1-11-6-4-5-7-15(11)19-20-17(21)10-22-16-9-12(2)14(18)8-13(16)3/h8-9,11H,4-7,10H2,1-3H3,(H,20,21)/b19-15+. The number of amides is 1. The summed E-state index contributed by atoms with van der Waals surface area (Å²) in [5.41, 5.74) is 6.22. The summed E-state index contributed by atoms with van der Waals surface area (Å²) < 4.78 is 1.11. The zero-order chi connectivity index (χ0) is 16.1. The van der Waals surface area contributed by atoms with Gasteiger partial charge in [-0.1, -0.05) is 29.3 Å². The molecule has 1 N–H and O–H groups in total. The van der Waals surface area contributed by atoms with Crippen LogP contribution in [-0.2, 0) is 4.79 Å². The lowest BCUT2D eigenvalue weighted by Crippen LogP contribution is -2.25. The number of nitrogens with zero attached hydrogens (tertiary/aromatic N) is 1. The topological polar surface area (TPSA) is 41.5 Å². The maximum atomic E-state index is 12.0. The number of nitrogens with one attached hydrogen (secondary N) is 1. The number of halogens is 1. The summed E-state index contributed by atoms with van der Waals surface area (Å²) in [6.07, 6.45) is 4.65. The molecule has 0 aromatic heterocycles. The fourth-order valence-electron chi connectivity index (χ4n) is 2.56. The molecular formula is C17H23BrN2OS. The van der Waals surface area contributed by atoms with Gasteiger partial charge in [-0.05, 0) is 62.3 Å². The maximum absolute atomic E-state index is 12.0. The van der Waals surface area contributed by atoms with Gasteiger partial charge in [-0.3, -0.25) is 4.79 Å². The van der Waals surface area contributed by atoms with Crippen LogP contribution in [0.25, 0.3) is 0 Å². The van der Waals surface area contributed by atoms with Gasteiger partial charge in [0.2, 0.25) is 5.91 Å². The summed E-state index contributed by atoms with van der Waals surface area (Å²) >= 11 is 5.09. The van der Waals surface area contributed by atoms with E-state index in [2.05, 4.69) is 59.4 Å². The van der Waals surface area contributed by atoms with Gasteiger partial charge < -0.3 is 0 Å². The molecule has 1 fully saturated rings. The number of carbonyl (C=O) groups is 1. The molecule has 22 heavy (non-hydrogen) atoms. The van der Waals surface area contributed by atoms with Crippen LogP contribution in [0.15, 0.2) is 26.6 Å². The lowest BCUT2D eigenvalue weighted by Gasteiger charge is -2.19. The number of aryl methyl sites for hydroxylation is 2. The summed E-state index contributed by atoms with van der Waals surface area (Å²) in [5.74, 6) is 0.862. The molecule has 0 radical (unpaired) electrons. The predicted molar refractivity (Wildman–Crippen MR) is 97.5 cm³/mol. The van der Waals surface area contributed by atoms with Crippen LogP contribution in [0.1, 0.15) is 43.7 Å². The third kappa shape index (κ3) is 4.85. The maximum Gasteiger partial charge on any atom is 0.250 e. The van der Waals surface area contributed by atoms with Gasteiger partial charge in [0.15, 0.2) is 0 Å². The highest BCUT2D eigenvalue weighted by molar-refractivity contribution is 9.10. The molecule has 0 spiro atoms. The van der Waals surface area contributed by atoms with Gasteiger partial charge in [-0.2, -0.15) is 5.10 Å². The molecular weight excluding hydrogens is 360 g/mol. The molecule has 0 aliphatic heterocycles. The second-order valence-corrected chi connectivity index (χ2v) is 7.81. The van der Waals surface area contributed by atoms with Crippen LogP contribution in [0, 0.1) is 19.8 Å². The van der Waals surface area contributed by atoms with Crippen LogP contribution < -0.4 is 5.43 Å². The quantitative estimate of drug-likeness (QED) is 0.597. The first kappa shape index (κ1) is 17.5. The van der Waals surface area contributed by atoms with E-state index in [0.29, 0.717) is 11.7 Å². The minimum Gasteiger partial charge on any atom is -0.272 e. The first-order valence-electron chi connectivity index (χ1n) is 7.72. The highest BCUT2D eigenvalue weighted by atomic mass is 79.9. The van der Waals surface area contributed by atoms with Gasteiger partial charge in [-0.15, -0.1) is 11.8 Å². The van der Waals surface area contributed by atoms with Crippen LogP contribution >= 0.6 is 27.7 Å². The Kier molecular flexibility index (Phi) is 6.50. The van der Waals surface area contributed by atoms with Crippen molar-refractivity contribution in [3.63, 3.8) is 0 Å². The van der Waals surface area contributed by atoms with Crippen LogP contribution in [-0.4, -0.2) is 17.4 Å². The third-order valence-corrected chi connectivity index (χ3v) is 6.04. The van der Waals surface area contributed by atoms with Gasteiger partial charge in [-0.25, -0.2) is 5.43 Å². The van der Waals surface area contributed by atoms with Gasteiger partial charge in [0, 0.05) is 15.1 Å². The summed E-state index contributed by atoms with van der Waals surface area (Å²) in [7, 11) is 0. The SMILES string of the molecule is Cc1cc(SCC(=O)N/N=C2\CCCCC2C)c(C)cc1Br. The smallest absolute Gasteiger partial charge is 0.250 e. The van der Waals surface area contributed by atoms with Crippen molar-refractivity contribution in [2.75, 3.05) is 5.75 Å². The predicted octanol–water partition coefficient (Wildman–Crippen LogP) is 4.84. The van der Waals surface area contributed by atoms with E-state index >= 15 is 0 Å². The van der Waals surface area contributed by atoms with E-state index in [1.165, 1.54) is 30.4 Å². The van der Waals surface area contributed by atoms with Crippen LogP contribution in [0.4, 0.5) is 0 Å². The number of hydrogen-bond donors (Lipinski definition) is 1. The molecule has 1 amide bonds. The summed E-state index contributed by atoms with van der Waals surface area (Å²) in [4.78, 5) is 13.1. The van der Waals surface area contributed by atoms with Crippen molar-refractivity contribution in [1.29, 1.82) is 0 Å². The third-order valence-electron chi connectivity index (χ3n) is 4.03. The van der Waals surface area contributed by atoms with Crippen molar-refractivity contribution >= 4 is 39.3 Å². The molecule has 1 aliphatic rings. The zero-order valence-electron chi connectivity index (χ0n) is 13.4. The molecule has 1 aromatic rings. The average molecular weight is 383 g/mol. The molecule has 5 heteroatoms. The number of hydrogen-bond acceptors (Lipinski definition) is 3. The van der Waals surface area contributed by atoms with E-state index in [4.69, 9.17) is 0 Å². The Balaban J connectivity index is 1.88. The van der Waals surface area contributed by atoms with E-state index < -0.39 is 0 Å². The van der Waals surface area contributed by atoms with Crippen molar-refractivity contribution in [3.8, 4) is 0 Å². The number of carbonyl (C=O) groups excluding carboxylic acids is 1. The Morgan fingerprint density at radius 3 is 2.86 bits per heavy atom. The molecule has 0 heterocycles. The molecule has 3 nitrogen and oxygen atoms in total.